The Bertz CT molecular complexity index is 206. The number of hydrogen-bond donors (Lipinski definition) is 0. The van der Waals surface area contributed by atoms with Gasteiger partial charge in [0.1, 0.15) is 6.34 Å². The van der Waals surface area contributed by atoms with E-state index in [0.29, 0.717) is 5.88 Å². The molecular weight excluding hydrogens is 118 g/mol. The van der Waals surface area contributed by atoms with Gasteiger partial charge in [-0.3, -0.25) is 9.89 Å². The van der Waals surface area contributed by atoms with Crippen molar-refractivity contribution in [3.63, 3.8) is 0 Å². The lowest BCUT2D eigenvalue weighted by Gasteiger charge is -2.11. The van der Waals surface area contributed by atoms with Crippen molar-refractivity contribution in [3.8, 4) is 0 Å². The molecule has 0 bridgehead atoms. The van der Waals surface area contributed by atoms with Crippen LogP contribution in [0.1, 0.15) is 0 Å². The summed E-state index contributed by atoms with van der Waals surface area (Å²) in [7, 11) is 0. The minimum Gasteiger partial charge on any atom is -0.335 e. The largest absolute Gasteiger partial charge is 0.335 e. The molecule has 0 aliphatic carbocycles. The summed E-state index contributed by atoms with van der Waals surface area (Å²) in [6, 6.07) is 0. The second-order valence-electron chi connectivity index (χ2n) is 1.76. The summed E-state index contributed by atoms with van der Waals surface area (Å²) in [5, 5.41) is 3.58. The van der Waals surface area contributed by atoms with E-state index in [0.717, 1.165) is 6.54 Å². The molecule has 0 amide bonds. The van der Waals surface area contributed by atoms with Gasteiger partial charge in [-0.15, -0.1) is 0 Å². The van der Waals surface area contributed by atoms with Crippen LogP contribution < -0.4 is 0 Å². The standard InChI is InChI=1S/C5H5N3O/c1-2-8-4-7-9-5(8)3-6-1/h1,3-4H,2H2. The first-order valence-electron chi connectivity index (χ1n) is 2.66. The Labute approximate surface area is 52.1 Å². The van der Waals surface area contributed by atoms with Crippen molar-refractivity contribution in [3.05, 3.63) is 12.1 Å². The maximum atomic E-state index is 4.80. The molecule has 0 saturated carbocycles. The Morgan fingerprint density at radius 2 is 2.67 bits per heavy atom. The van der Waals surface area contributed by atoms with Crippen LogP contribution in [0.3, 0.4) is 0 Å². The van der Waals surface area contributed by atoms with Crippen molar-refractivity contribution < 1.29 is 4.84 Å². The molecule has 46 valence electrons. The van der Waals surface area contributed by atoms with Crippen molar-refractivity contribution in [1.82, 2.24) is 4.90 Å². The van der Waals surface area contributed by atoms with Gasteiger partial charge in [0.2, 0.25) is 5.88 Å². The molecule has 0 N–H and O–H groups in total. The predicted octanol–water partition coefficient (Wildman–Crippen LogP) is 0.145. The number of aliphatic imine (C=N–C) groups is 1. The summed E-state index contributed by atoms with van der Waals surface area (Å²) in [6.07, 6.45) is 5.07. The highest BCUT2D eigenvalue weighted by atomic mass is 16.7. The van der Waals surface area contributed by atoms with Gasteiger partial charge >= 0.3 is 0 Å². The maximum Gasteiger partial charge on any atom is 0.249 e. The number of fused-ring (bicyclic) bond motifs is 1. The van der Waals surface area contributed by atoms with Crippen molar-refractivity contribution in [2.45, 2.75) is 0 Å². The molecule has 4 heteroatoms. The molecule has 2 aliphatic rings. The number of nitrogens with zero attached hydrogens (tertiary/aromatic N) is 3. The number of rotatable bonds is 0. The van der Waals surface area contributed by atoms with Crippen LogP contribution in [-0.2, 0) is 4.84 Å². The van der Waals surface area contributed by atoms with Crippen LogP contribution in [0, 0.1) is 0 Å². The lowest BCUT2D eigenvalue weighted by Crippen LogP contribution is -2.21. The summed E-state index contributed by atoms with van der Waals surface area (Å²) in [5.41, 5.74) is 0. The van der Waals surface area contributed by atoms with Gasteiger partial charge in [0.05, 0.1) is 12.7 Å². The molecule has 0 unspecified atom stereocenters. The molecule has 0 aromatic rings. The average Bonchev–Trinajstić information content (AvgIpc) is 2.33. The van der Waals surface area contributed by atoms with Crippen LogP contribution in [-0.4, -0.2) is 24.0 Å². The highest BCUT2D eigenvalue weighted by Gasteiger charge is 2.15. The maximum absolute atomic E-state index is 4.80. The number of hydrogen-bond acceptors (Lipinski definition) is 4. The Kier molecular flexibility index (Phi) is 0.798. The van der Waals surface area contributed by atoms with E-state index in [4.69, 9.17) is 4.84 Å². The van der Waals surface area contributed by atoms with E-state index in [-0.39, 0.29) is 0 Å². The zero-order valence-corrected chi connectivity index (χ0v) is 4.69. The molecular formula is C5H5N3O. The lowest BCUT2D eigenvalue weighted by molar-refractivity contribution is 0.201. The van der Waals surface area contributed by atoms with Crippen molar-refractivity contribution >= 4 is 12.6 Å². The molecule has 0 radical (unpaired) electrons. The normalized spacial score (nSPS) is 21.3. The van der Waals surface area contributed by atoms with Gasteiger partial charge < -0.3 is 4.84 Å². The summed E-state index contributed by atoms with van der Waals surface area (Å²) >= 11 is 0. The van der Waals surface area contributed by atoms with Crippen LogP contribution in [0.25, 0.3) is 0 Å². The molecule has 9 heavy (non-hydrogen) atoms. The van der Waals surface area contributed by atoms with E-state index in [1.165, 1.54) is 0 Å². The molecule has 0 spiro atoms. The molecule has 4 nitrogen and oxygen atoms in total. The second kappa shape index (κ2) is 1.58. The lowest BCUT2D eigenvalue weighted by atomic mass is 10.5. The summed E-state index contributed by atoms with van der Waals surface area (Å²) < 4.78 is 0. The monoisotopic (exact) mass is 123 g/mol. The zero-order valence-electron chi connectivity index (χ0n) is 4.69. The molecule has 2 heterocycles. The first kappa shape index (κ1) is 4.55. The Morgan fingerprint density at radius 3 is 3.56 bits per heavy atom. The predicted molar refractivity (Wildman–Crippen MR) is 32.9 cm³/mol. The van der Waals surface area contributed by atoms with Gasteiger partial charge in [-0.2, -0.15) is 0 Å². The van der Waals surface area contributed by atoms with Crippen molar-refractivity contribution in [2.24, 2.45) is 10.1 Å². The Morgan fingerprint density at radius 1 is 1.67 bits per heavy atom. The third kappa shape index (κ3) is 0.595. The van der Waals surface area contributed by atoms with E-state index >= 15 is 0 Å². The molecule has 2 aliphatic heterocycles. The van der Waals surface area contributed by atoms with E-state index in [2.05, 4.69) is 10.1 Å². The van der Waals surface area contributed by atoms with Crippen LogP contribution in [0.2, 0.25) is 0 Å². The van der Waals surface area contributed by atoms with Crippen LogP contribution in [0.15, 0.2) is 22.2 Å². The van der Waals surface area contributed by atoms with Gasteiger partial charge in [0.15, 0.2) is 0 Å². The molecule has 0 atom stereocenters. The fourth-order valence-electron chi connectivity index (χ4n) is 0.730. The smallest absolute Gasteiger partial charge is 0.249 e. The van der Waals surface area contributed by atoms with Gasteiger partial charge in [-0.05, 0) is 0 Å². The molecule has 0 fully saturated rings. The second-order valence-corrected chi connectivity index (χ2v) is 1.76. The molecule has 0 saturated heterocycles. The van der Waals surface area contributed by atoms with Gasteiger partial charge in [0, 0.05) is 6.21 Å². The van der Waals surface area contributed by atoms with Crippen molar-refractivity contribution in [2.75, 3.05) is 6.54 Å². The van der Waals surface area contributed by atoms with Gasteiger partial charge in [0.25, 0.3) is 0 Å². The summed E-state index contributed by atoms with van der Waals surface area (Å²) in [6.45, 7) is 0.759. The Balaban J connectivity index is 2.29. The minimum atomic E-state index is 0.706. The van der Waals surface area contributed by atoms with Gasteiger partial charge in [-0.25, -0.2) is 0 Å². The number of oxime groups is 1. The van der Waals surface area contributed by atoms with Gasteiger partial charge in [-0.1, -0.05) is 5.16 Å². The SMILES string of the molecule is C1=NC=C2ON=CN2C1. The quantitative estimate of drug-likeness (QED) is 0.459. The van der Waals surface area contributed by atoms with Crippen LogP contribution in [0.5, 0.6) is 0 Å². The van der Waals surface area contributed by atoms with Crippen LogP contribution >= 0.6 is 0 Å². The fourth-order valence-corrected chi connectivity index (χ4v) is 0.730. The van der Waals surface area contributed by atoms with Crippen LogP contribution in [0.4, 0.5) is 0 Å². The summed E-state index contributed by atoms with van der Waals surface area (Å²) in [5.74, 6) is 0.706. The third-order valence-electron chi connectivity index (χ3n) is 1.18. The molecule has 0 aromatic carbocycles. The highest BCUT2D eigenvalue weighted by Crippen LogP contribution is 2.12. The third-order valence-corrected chi connectivity index (χ3v) is 1.18. The molecule has 0 aromatic heterocycles. The topological polar surface area (TPSA) is 37.2 Å². The average molecular weight is 123 g/mol. The Hall–Kier alpha value is -1.32. The van der Waals surface area contributed by atoms with E-state index in [1.807, 2.05) is 4.90 Å². The highest BCUT2D eigenvalue weighted by molar-refractivity contribution is 5.70. The van der Waals surface area contributed by atoms with E-state index < -0.39 is 0 Å². The zero-order chi connectivity index (χ0) is 6.10. The fraction of sp³-hybridized carbons (Fsp3) is 0.200. The molecule has 2 rings (SSSR count). The first-order valence-corrected chi connectivity index (χ1v) is 2.66. The van der Waals surface area contributed by atoms with E-state index in [1.54, 1.807) is 18.8 Å². The minimum absolute atomic E-state index is 0.706. The summed E-state index contributed by atoms with van der Waals surface area (Å²) in [4.78, 5) is 10.6. The first-order chi connectivity index (χ1) is 4.47. The van der Waals surface area contributed by atoms with E-state index in [9.17, 15) is 0 Å². The van der Waals surface area contributed by atoms with Crippen molar-refractivity contribution in [1.29, 1.82) is 0 Å².